The molecule has 0 saturated carbocycles. The minimum Gasteiger partial charge on any atom is -0.362 e. The molecule has 24 heavy (non-hydrogen) atoms. The van der Waals surface area contributed by atoms with Crippen LogP contribution < -0.4 is 10.6 Å². The maximum absolute atomic E-state index is 6.29. The molecule has 1 aliphatic heterocycles. The van der Waals surface area contributed by atoms with Crippen molar-refractivity contribution in [1.82, 2.24) is 4.98 Å². The maximum Gasteiger partial charge on any atom is 0.129 e. The predicted octanol–water partition coefficient (Wildman–Crippen LogP) is 3.44. The quantitative estimate of drug-likeness (QED) is 0.920. The Balaban J connectivity index is 1.76. The fraction of sp³-hybridized carbons (Fsp3) is 0.450. The number of anilines is 1. The molecule has 1 aromatic heterocycles. The topological polar surface area (TPSA) is 51.4 Å². The van der Waals surface area contributed by atoms with Crippen LogP contribution in [0.5, 0.6) is 0 Å². The van der Waals surface area contributed by atoms with Gasteiger partial charge in [-0.3, -0.25) is 4.98 Å². The second-order valence-electron chi connectivity index (χ2n) is 6.94. The van der Waals surface area contributed by atoms with Gasteiger partial charge in [-0.25, -0.2) is 0 Å². The number of fused-ring (bicyclic) bond motifs is 2. The lowest BCUT2D eigenvalue weighted by molar-refractivity contribution is 0.0923. The summed E-state index contributed by atoms with van der Waals surface area (Å²) in [5, 5.41) is 0. The summed E-state index contributed by atoms with van der Waals surface area (Å²) in [5.74, 6) is 0. The number of nitrogens with zero attached hydrogens (tertiary/aromatic N) is 2. The molecule has 2 N–H and O–H groups in total. The Morgan fingerprint density at radius 1 is 1.21 bits per heavy atom. The van der Waals surface area contributed by atoms with E-state index in [-0.39, 0.29) is 12.3 Å². The van der Waals surface area contributed by atoms with Gasteiger partial charge in [0.1, 0.15) is 6.23 Å². The molecule has 1 aliphatic carbocycles. The average molecular weight is 323 g/mol. The molecule has 0 amide bonds. The van der Waals surface area contributed by atoms with Crippen LogP contribution >= 0.6 is 0 Å². The Morgan fingerprint density at radius 2 is 2.08 bits per heavy atom. The van der Waals surface area contributed by atoms with E-state index >= 15 is 0 Å². The summed E-state index contributed by atoms with van der Waals surface area (Å²) >= 11 is 0. The molecule has 4 nitrogen and oxygen atoms in total. The first kappa shape index (κ1) is 15.6. The van der Waals surface area contributed by atoms with Crippen LogP contribution in [0.2, 0.25) is 0 Å². The van der Waals surface area contributed by atoms with Crippen LogP contribution in [0.4, 0.5) is 5.69 Å². The molecule has 4 heteroatoms. The molecule has 2 unspecified atom stereocenters. The third kappa shape index (κ3) is 2.50. The Kier molecular flexibility index (Phi) is 4.02. The van der Waals surface area contributed by atoms with Crippen LogP contribution in [0.3, 0.4) is 0 Å². The molecular formula is C20H25N3O. The zero-order valence-electron chi connectivity index (χ0n) is 14.5. The van der Waals surface area contributed by atoms with Crippen molar-refractivity contribution in [3.05, 3.63) is 47.3 Å². The van der Waals surface area contributed by atoms with Gasteiger partial charge >= 0.3 is 0 Å². The summed E-state index contributed by atoms with van der Waals surface area (Å²) < 4.78 is 5.56. The summed E-state index contributed by atoms with van der Waals surface area (Å²) in [4.78, 5) is 6.70. The Bertz CT molecular complexity index is 759. The smallest absolute Gasteiger partial charge is 0.129 e. The van der Waals surface area contributed by atoms with Crippen LogP contribution in [0, 0.1) is 0 Å². The van der Waals surface area contributed by atoms with Gasteiger partial charge in [0, 0.05) is 43.8 Å². The van der Waals surface area contributed by atoms with Crippen molar-refractivity contribution in [2.45, 2.75) is 44.4 Å². The lowest BCUT2D eigenvalue weighted by Gasteiger charge is -2.35. The van der Waals surface area contributed by atoms with Gasteiger partial charge in [0.25, 0.3) is 0 Å². The van der Waals surface area contributed by atoms with Crippen LogP contribution in [-0.2, 0) is 17.6 Å². The average Bonchev–Trinajstić information content (AvgIpc) is 2.62. The van der Waals surface area contributed by atoms with Crippen LogP contribution in [0.15, 0.2) is 30.6 Å². The number of hydrogen-bond acceptors (Lipinski definition) is 4. The van der Waals surface area contributed by atoms with Gasteiger partial charge < -0.3 is 15.4 Å². The first-order valence-corrected chi connectivity index (χ1v) is 8.80. The van der Waals surface area contributed by atoms with Crippen LogP contribution in [0.1, 0.15) is 42.0 Å². The number of aryl methyl sites for hydroxylation is 1. The molecule has 2 atom stereocenters. The standard InChI is InChI=1S/C20H25N3O/c1-23-19-8-6-13(10-14(19)7-9-20(23)24-2)16-11-22-12-17-15(16)4-3-5-18(17)21/h6,8,10-12,18,20H,3-5,7,9,21H2,1-2H3. The molecule has 0 bridgehead atoms. The predicted molar refractivity (Wildman–Crippen MR) is 97.1 cm³/mol. The number of benzene rings is 1. The van der Waals surface area contributed by atoms with E-state index in [0.29, 0.717) is 0 Å². The van der Waals surface area contributed by atoms with Crippen LogP contribution in [-0.4, -0.2) is 25.4 Å². The summed E-state index contributed by atoms with van der Waals surface area (Å²) in [7, 11) is 3.89. The van der Waals surface area contributed by atoms with Crippen molar-refractivity contribution in [3.63, 3.8) is 0 Å². The Labute approximate surface area is 143 Å². The van der Waals surface area contributed by atoms with E-state index in [4.69, 9.17) is 10.5 Å². The SMILES string of the molecule is COC1CCc2cc(-c3cncc4c3CCCC4N)ccc2N1C. The van der Waals surface area contributed by atoms with E-state index in [9.17, 15) is 0 Å². The molecule has 0 radical (unpaired) electrons. The monoisotopic (exact) mass is 323 g/mol. The molecule has 0 fully saturated rings. The highest BCUT2D eigenvalue weighted by Gasteiger charge is 2.24. The van der Waals surface area contributed by atoms with Crippen molar-refractivity contribution in [2.24, 2.45) is 5.73 Å². The second-order valence-corrected chi connectivity index (χ2v) is 6.94. The van der Waals surface area contributed by atoms with Gasteiger partial charge in [0.2, 0.25) is 0 Å². The number of hydrogen-bond donors (Lipinski definition) is 1. The van der Waals surface area contributed by atoms with Crippen molar-refractivity contribution in [2.75, 3.05) is 19.1 Å². The zero-order chi connectivity index (χ0) is 16.7. The summed E-state index contributed by atoms with van der Waals surface area (Å²) in [6.45, 7) is 0. The fourth-order valence-corrected chi connectivity index (χ4v) is 4.21. The van der Waals surface area contributed by atoms with Crippen molar-refractivity contribution >= 4 is 5.69 Å². The normalized spacial score (nSPS) is 22.9. The number of pyridine rings is 1. The van der Waals surface area contributed by atoms with Crippen molar-refractivity contribution in [3.8, 4) is 11.1 Å². The highest BCUT2D eigenvalue weighted by molar-refractivity contribution is 5.72. The number of nitrogens with two attached hydrogens (primary N) is 1. The molecule has 2 aromatic rings. The van der Waals surface area contributed by atoms with Crippen molar-refractivity contribution < 1.29 is 4.74 Å². The Hall–Kier alpha value is -1.91. The summed E-state index contributed by atoms with van der Waals surface area (Å²) in [6.07, 6.45) is 9.53. The Morgan fingerprint density at radius 3 is 2.92 bits per heavy atom. The third-order valence-electron chi connectivity index (χ3n) is 5.57. The highest BCUT2D eigenvalue weighted by Crippen LogP contribution is 2.37. The molecular weight excluding hydrogens is 298 g/mol. The first-order chi connectivity index (χ1) is 11.7. The molecule has 2 aliphatic rings. The first-order valence-electron chi connectivity index (χ1n) is 8.80. The molecule has 126 valence electrons. The number of aromatic nitrogens is 1. The lowest BCUT2D eigenvalue weighted by atomic mass is 9.84. The van der Waals surface area contributed by atoms with Gasteiger partial charge in [-0.05, 0) is 66.5 Å². The minimum atomic E-state index is 0.132. The van der Waals surface area contributed by atoms with Gasteiger partial charge in [-0.15, -0.1) is 0 Å². The fourth-order valence-electron chi connectivity index (χ4n) is 4.21. The van der Waals surface area contributed by atoms with E-state index < -0.39 is 0 Å². The minimum absolute atomic E-state index is 0.132. The molecule has 0 saturated heterocycles. The lowest BCUT2D eigenvalue weighted by Crippen LogP contribution is -2.37. The van der Waals surface area contributed by atoms with E-state index in [1.54, 1.807) is 7.11 Å². The van der Waals surface area contributed by atoms with Gasteiger partial charge in [0.05, 0.1) is 0 Å². The number of ether oxygens (including phenoxy) is 1. The largest absolute Gasteiger partial charge is 0.362 e. The van der Waals surface area contributed by atoms with E-state index in [1.165, 1.54) is 33.5 Å². The molecule has 0 spiro atoms. The maximum atomic E-state index is 6.29. The summed E-state index contributed by atoms with van der Waals surface area (Å²) in [5.41, 5.74) is 14.1. The van der Waals surface area contributed by atoms with Gasteiger partial charge in [0.15, 0.2) is 0 Å². The second kappa shape index (κ2) is 6.19. The molecule has 1 aromatic carbocycles. The van der Waals surface area contributed by atoms with Gasteiger partial charge in [-0.1, -0.05) is 6.07 Å². The summed E-state index contributed by atoms with van der Waals surface area (Å²) in [6, 6.07) is 6.89. The van der Waals surface area contributed by atoms with Gasteiger partial charge in [-0.2, -0.15) is 0 Å². The molecule has 2 heterocycles. The van der Waals surface area contributed by atoms with E-state index in [0.717, 1.165) is 32.1 Å². The third-order valence-corrected chi connectivity index (χ3v) is 5.57. The van der Waals surface area contributed by atoms with E-state index in [1.807, 2.05) is 12.4 Å². The highest BCUT2D eigenvalue weighted by atomic mass is 16.5. The number of rotatable bonds is 2. The molecule has 4 rings (SSSR count). The van der Waals surface area contributed by atoms with E-state index in [2.05, 4.69) is 35.1 Å². The van der Waals surface area contributed by atoms with Crippen molar-refractivity contribution in [1.29, 1.82) is 0 Å². The number of methoxy groups -OCH3 is 1. The zero-order valence-corrected chi connectivity index (χ0v) is 14.5. The van der Waals surface area contributed by atoms with Crippen LogP contribution in [0.25, 0.3) is 11.1 Å².